The van der Waals surface area contributed by atoms with E-state index in [1.54, 1.807) is 19.9 Å². The third kappa shape index (κ3) is 3.63. The van der Waals surface area contributed by atoms with E-state index in [2.05, 4.69) is 9.84 Å². The molecule has 11 nitrogen and oxygen atoms in total. The van der Waals surface area contributed by atoms with Crippen LogP contribution < -0.4 is 20.8 Å². The summed E-state index contributed by atoms with van der Waals surface area (Å²) in [4.78, 5) is 34.7. The van der Waals surface area contributed by atoms with Crippen LogP contribution in [0.4, 0.5) is 4.79 Å². The van der Waals surface area contributed by atoms with E-state index < -0.39 is 57.0 Å². The number of phosphoric ester groups is 1. The van der Waals surface area contributed by atoms with Crippen molar-refractivity contribution in [2.75, 3.05) is 6.61 Å². The molecule has 2 amide bonds. The molecule has 0 aliphatic carbocycles. The lowest BCUT2D eigenvalue weighted by Gasteiger charge is -2.34. The van der Waals surface area contributed by atoms with Crippen molar-refractivity contribution in [3.05, 3.63) is 12.3 Å². The first-order valence-corrected chi connectivity index (χ1v) is 8.72. The molecular formula is C12H18N3O8P-2. The minimum atomic E-state index is -5.16. The standard InChI is InChI=1S/C12H20N3O8P/c1-12(2)22-8-6(5-20-24(17,18)19)21-10(9(8)23-12)15-4-3-7(13)14-11(15)16/h3-4,6-10H,5,13H2,1-2H3,(H,14,16)(H2,17,18,19)/p-2/t6-,7?,8-,9-,10-/m1/s1. The van der Waals surface area contributed by atoms with Gasteiger partial charge in [-0.05, 0) is 19.9 Å². The predicted octanol–water partition coefficient (Wildman–Crippen LogP) is -2.10. The second-order valence-corrected chi connectivity index (χ2v) is 7.25. The van der Waals surface area contributed by atoms with Crippen molar-refractivity contribution in [3.63, 3.8) is 0 Å². The van der Waals surface area contributed by atoms with Gasteiger partial charge in [0.15, 0.2) is 12.0 Å². The molecule has 0 aromatic heterocycles. The maximum atomic E-state index is 12.1. The Morgan fingerprint density at radius 3 is 2.71 bits per heavy atom. The number of nitrogens with zero attached hydrogens (tertiary/aromatic N) is 1. The zero-order valence-electron chi connectivity index (χ0n) is 13.0. The van der Waals surface area contributed by atoms with E-state index in [1.165, 1.54) is 11.1 Å². The van der Waals surface area contributed by atoms with Crippen LogP contribution in [0.1, 0.15) is 13.8 Å². The minimum absolute atomic E-state index is 0.498. The Balaban J connectivity index is 1.79. The lowest BCUT2D eigenvalue weighted by molar-refractivity contribution is -0.343. The normalized spacial score (nSPS) is 38.3. The zero-order chi connectivity index (χ0) is 17.7. The second kappa shape index (κ2) is 6.04. The van der Waals surface area contributed by atoms with Gasteiger partial charge in [-0.2, -0.15) is 0 Å². The molecule has 0 saturated carbocycles. The molecule has 0 spiro atoms. The summed E-state index contributed by atoms with van der Waals surface area (Å²) in [6.07, 6.45) is -0.774. The Labute approximate surface area is 137 Å². The average Bonchev–Trinajstić information content (AvgIpc) is 2.90. The van der Waals surface area contributed by atoms with E-state index >= 15 is 0 Å². The van der Waals surface area contributed by atoms with Crippen LogP contribution in [-0.4, -0.2) is 54.0 Å². The molecular weight excluding hydrogens is 345 g/mol. The number of amides is 2. The van der Waals surface area contributed by atoms with Crippen LogP contribution >= 0.6 is 7.82 Å². The summed E-state index contributed by atoms with van der Waals surface area (Å²) in [5, 5.41) is 2.50. The molecule has 24 heavy (non-hydrogen) atoms. The molecule has 3 N–H and O–H groups in total. The Morgan fingerprint density at radius 1 is 1.42 bits per heavy atom. The molecule has 12 heteroatoms. The minimum Gasteiger partial charge on any atom is -0.790 e. The van der Waals surface area contributed by atoms with Crippen molar-refractivity contribution in [3.8, 4) is 0 Å². The van der Waals surface area contributed by atoms with Gasteiger partial charge in [-0.3, -0.25) is 4.90 Å². The van der Waals surface area contributed by atoms with Crippen molar-refractivity contribution in [1.29, 1.82) is 0 Å². The van der Waals surface area contributed by atoms with Gasteiger partial charge in [0.05, 0.1) is 20.6 Å². The van der Waals surface area contributed by atoms with E-state index in [4.69, 9.17) is 19.9 Å². The highest BCUT2D eigenvalue weighted by molar-refractivity contribution is 7.43. The van der Waals surface area contributed by atoms with Crippen molar-refractivity contribution in [2.45, 2.75) is 50.3 Å². The molecule has 0 radical (unpaired) electrons. The van der Waals surface area contributed by atoms with Crippen LogP contribution in [-0.2, 0) is 23.3 Å². The van der Waals surface area contributed by atoms with Gasteiger partial charge in [0, 0.05) is 6.20 Å². The molecule has 3 aliphatic rings. The van der Waals surface area contributed by atoms with Crippen molar-refractivity contribution >= 4 is 13.9 Å². The van der Waals surface area contributed by atoms with E-state index in [-0.39, 0.29) is 0 Å². The molecule has 3 aliphatic heterocycles. The van der Waals surface area contributed by atoms with Crippen molar-refractivity contribution in [2.24, 2.45) is 5.73 Å². The smallest absolute Gasteiger partial charge is 0.325 e. The van der Waals surface area contributed by atoms with Gasteiger partial charge in [0.25, 0.3) is 0 Å². The molecule has 0 bridgehead atoms. The number of phosphoric acid groups is 1. The van der Waals surface area contributed by atoms with Gasteiger partial charge >= 0.3 is 6.03 Å². The zero-order valence-corrected chi connectivity index (χ0v) is 13.9. The summed E-state index contributed by atoms with van der Waals surface area (Å²) in [5.41, 5.74) is 5.60. The highest BCUT2D eigenvalue weighted by atomic mass is 31.2. The number of rotatable bonds is 4. The van der Waals surface area contributed by atoms with Gasteiger partial charge in [0.2, 0.25) is 0 Å². The highest BCUT2D eigenvalue weighted by Gasteiger charge is 2.57. The topological polar surface area (TPSA) is 158 Å². The molecule has 2 saturated heterocycles. The van der Waals surface area contributed by atoms with Crippen LogP contribution in [0.3, 0.4) is 0 Å². The number of nitrogens with two attached hydrogens (primary N) is 1. The maximum Gasteiger partial charge on any atom is 0.325 e. The number of hydrogen-bond acceptors (Lipinski definition) is 9. The Hall–Kier alpha value is -1.04. The summed E-state index contributed by atoms with van der Waals surface area (Å²) in [7, 11) is -5.16. The van der Waals surface area contributed by atoms with Crippen LogP contribution in [0.5, 0.6) is 0 Å². The monoisotopic (exact) mass is 363 g/mol. The highest BCUT2D eigenvalue weighted by Crippen LogP contribution is 2.41. The first-order chi connectivity index (χ1) is 11.1. The van der Waals surface area contributed by atoms with Crippen LogP contribution in [0.2, 0.25) is 0 Å². The molecule has 2 fully saturated rings. The molecule has 5 atom stereocenters. The summed E-state index contributed by atoms with van der Waals surface area (Å²) in [6, 6.07) is -0.498. The predicted molar refractivity (Wildman–Crippen MR) is 73.5 cm³/mol. The quantitative estimate of drug-likeness (QED) is 0.534. The molecule has 1 unspecified atom stereocenters. The van der Waals surface area contributed by atoms with Crippen LogP contribution in [0.15, 0.2) is 12.3 Å². The van der Waals surface area contributed by atoms with E-state index in [9.17, 15) is 19.1 Å². The lowest BCUT2D eigenvalue weighted by atomic mass is 10.1. The molecule has 0 aromatic carbocycles. The number of nitrogens with one attached hydrogen (secondary N) is 1. The Morgan fingerprint density at radius 2 is 2.08 bits per heavy atom. The number of carbonyl (C=O) groups is 1. The number of urea groups is 1. The molecule has 3 rings (SSSR count). The van der Waals surface area contributed by atoms with Crippen molar-refractivity contribution < 1.29 is 37.9 Å². The largest absolute Gasteiger partial charge is 0.790 e. The van der Waals surface area contributed by atoms with Gasteiger partial charge in [0.1, 0.15) is 18.3 Å². The van der Waals surface area contributed by atoms with Gasteiger partial charge in [-0.1, -0.05) is 0 Å². The first-order valence-electron chi connectivity index (χ1n) is 7.26. The maximum absolute atomic E-state index is 12.1. The van der Waals surface area contributed by atoms with Crippen LogP contribution in [0.25, 0.3) is 0 Å². The van der Waals surface area contributed by atoms with Gasteiger partial charge < -0.3 is 44.1 Å². The second-order valence-electron chi connectivity index (χ2n) is 6.10. The SMILES string of the molecule is CC1(C)O[C@@H]2[C@H](O1)[C@@H](COP(=O)([O-])[O-])O[C@H]2N1C=CC(N)NC1=O. The molecule has 3 heterocycles. The number of ether oxygens (including phenoxy) is 3. The van der Waals surface area contributed by atoms with Crippen LogP contribution in [0, 0.1) is 0 Å². The van der Waals surface area contributed by atoms with Gasteiger partial charge in [-0.25, -0.2) is 4.79 Å². The number of fused-ring (bicyclic) bond motifs is 1. The van der Waals surface area contributed by atoms with E-state index in [0.717, 1.165) is 0 Å². The molecule has 0 aromatic rings. The number of hydrogen-bond donors (Lipinski definition) is 2. The fraction of sp³-hybridized carbons (Fsp3) is 0.750. The summed E-state index contributed by atoms with van der Waals surface area (Å²) in [5.74, 6) is -0.958. The first kappa shape index (κ1) is 17.8. The fourth-order valence-corrected chi connectivity index (χ4v) is 3.23. The summed E-state index contributed by atoms with van der Waals surface area (Å²) in [6.45, 7) is 2.82. The summed E-state index contributed by atoms with van der Waals surface area (Å²) >= 11 is 0. The van der Waals surface area contributed by atoms with Crippen molar-refractivity contribution in [1.82, 2.24) is 10.2 Å². The molecule has 136 valence electrons. The lowest BCUT2D eigenvalue weighted by Crippen LogP contribution is -2.55. The third-order valence-corrected chi connectivity index (χ3v) is 4.24. The fourth-order valence-electron chi connectivity index (χ4n) is 2.90. The number of carbonyl (C=O) groups excluding carboxylic acids is 1. The van der Waals surface area contributed by atoms with E-state index in [1.807, 2.05) is 0 Å². The third-order valence-electron chi connectivity index (χ3n) is 3.78. The van der Waals surface area contributed by atoms with E-state index in [0.29, 0.717) is 0 Å². The Kier molecular flexibility index (Phi) is 4.47. The summed E-state index contributed by atoms with van der Waals surface area (Å²) < 4.78 is 32.1. The average molecular weight is 363 g/mol. The Bertz CT molecular complexity index is 593. The van der Waals surface area contributed by atoms with Gasteiger partial charge in [-0.15, -0.1) is 0 Å².